The van der Waals surface area contributed by atoms with Crippen molar-refractivity contribution in [2.45, 2.75) is 39.3 Å². The van der Waals surface area contributed by atoms with Crippen LogP contribution in [0.25, 0.3) is 0 Å². The van der Waals surface area contributed by atoms with Gasteiger partial charge in [0, 0.05) is 25.2 Å². The first kappa shape index (κ1) is 16.7. The number of nitrogens with zero attached hydrogens (tertiary/aromatic N) is 1. The summed E-state index contributed by atoms with van der Waals surface area (Å²) in [7, 11) is 0. The Kier molecular flexibility index (Phi) is 4.70. The number of halogens is 2. The van der Waals surface area contributed by atoms with Gasteiger partial charge in [-0.15, -0.1) is 0 Å². The van der Waals surface area contributed by atoms with Crippen molar-refractivity contribution in [3.8, 4) is 0 Å². The Morgan fingerprint density at radius 1 is 1.32 bits per heavy atom. The summed E-state index contributed by atoms with van der Waals surface area (Å²) in [5, 5.41) is 3.05. The molecule has 1 N–H and O–H groups in total. The summed E-state index contributed by atoms with van der Waals surface area (Å²) in [5.74, 6) is -1.19. The van der Waals surface area contributed by atoms with E-state index in [-0.39, 0.29) is 12.1 Å². The summed E-state index contributed by atoms with van der Waals surface area (Å²) in [5.41, 5.74) is -0.102. The molecule has 1 amide bonds. The summed E-state index contributed by atoms with van der Waals surface area (Å²) in [6.45, 7) is 8.05. The number of piperazine rings is 1. The normalized spacial score (nSPS) is 19.2. The van der Waals surface area contributed by atoms with Crippen LogP contribution in [0.4, 0.5) is 13.6 Å². The molecule has 1 unspecified atom stereocenters. The molecule has 0 bridgehead atoms. The highest BCUT2D eigenvalue weighted by molar-refractivity contribution is 5.68. The summed E-state index contributed by atoms with van der Waals surface area (Å²) >= 11 is 0. The van der Waals surface area contributed by atoms with Gasteiger partial charge in [0.1, 0.15) is 17.2 Å². The highest BCUT2D eigenvalue weighted by Crippen LogP contribution is 2.25. The van der Waals surface area contributed by atoms with Crippen LogP contribution < -0.4 is 5.32 Å². The number of carbonyl (C=O) groups excluding carboxylic acids is 1. The van der Waals surface area contributed by atoms with Crippen LogP contribution in [0.15, 0.2) is 12.1 Å². The fourth-order valence-electron chi connectivity index (χ4n) is 2.48. The smallest absolute Gasteiger partial charge is 0.410 e. The van der Waals surface area contributed by atoms with Gasteiger partial charge in [-0.3, -0.25) is 0 Å². The maximum atomic E-state index is 14.1. The average molecular weight is 312 g/mol. The lowest BCUT2D eigenvalue weighted by molar-refractivity contribution is 0.0192. The minimum Gasteiger partial charge on any atom is -0.444 e. The van der Waals surface area contributed by atoms with Gasteiger partial charge in [-0.05, 0) is 45.4 Å². The molecule has 2 rings (SSSR count). The van der Waals surface area contributed by atoms with E-state index >= 15 is 0 Å². The Hall–Kier alpha value is -1.69. The molecule has 4 nitrogen and oxygen atoms in total. The van der Waals surface area contributed by atoms with E-state index in [4.69, 9.17) is 4.74 Å². The molecule has 6 heteroatoms. The van der Waals surface area contributed by atoms with Crippen molar-refractivity contribution in [2.24, 2.45) is 0 Å². The highest BCUT2D eigenvalue weighted by Gasteiger charge is 2.30. The standard InChI is InChI=1S/C16H22F2N2O2/c1-10-7-11(17)14(12(18)8-10)13-9-20(6-5-19-13)15(21)22-16(2,3)4/h7-8,13,19H,5-6,9H2,1-4H3. The van der Waals surface area contributed by atoms with Gasteiger partial charge >= 0.3 is 6.09 Å². The minimum atomic E-state index is -0.599. The number of benzene rings is 1. The van der Waals surface area contributed by atoms with E-state index < -0.39 is 29.4 Å². The van der Waals surface area contributed by atoms with Gasteiger partial charge in [0.25, 0.3) is 0 Å². The average Bonchev–Trinajstić information content (AvgIpc) is 2.35. The first-order valence-corrected chi connectivity index (χ1v) is 7.34. The topological polar surface area (TPSA) is 41.6 Å². The summed E-state index contributed by atoms with van der Waals surface area (Å²) in [6, 6.07) is 2.01. The molecule has 1 aromatic carbocycles. The molecule has 1 aliphatic rings. The fraction of sp³-hybridized carbons (Fsp3) is 0.562. The van der Waals surface area contributed by atoms with Crippen LogP contribution in [0, 0.1) is 18.6 Å². The van der Waals surface area contributed by atoms with E-state index in [1.54, 1.807) is 27.7 Å². The number of ether oxygens (including phenoxy) is 1. The second kappa shape index (κ2) is 6.20. The lowest BCUT2D eigenvalue weighted by atomic mass is 10.0. The van der Waals surface area contributed by atoms with E-state index in [1.807, 2.05) is 0 Å². The van der Waals surface area contributed by atoms with Crippen molar-refractivity contribution in [2.75, 3.05) is 19.6 Å². The molecular formula is C16H22F2N2O2. The highest BCUT2D eigenvalue weighted by atomic mass is 19.1. The molecule has 0 saturated carbocycles. The Morgan fingerprint density at radius 3 is 2.45 bits per heavy atom. The zero-order chi connectivity index (χ0) is 16.5. The van der Waals surface area contributed by atoms with E-state index in [1.165, 1.54) is 17.0 Å². The van der Waals surface area contributed by atoms with E-state index in [0.29, 0.717) is 18.7 Å². The van der Waals surface area contributed by atoms with Crippen LogP contribution in [0.5, 0.6) is 0 Å². The van der Waals surface area contributed by atoms with Crippen molar-refractivity contribution in [1.29, 1.82) is 0 Å². The molecular weight excluding hydrogens is 290 g/mol. The molecule has 1 fully saturated rings. The number of hydrogen-bond acceptors (Lipinski definition) is 3. The van der Waals surface area contributed by atoms with Crippen LogP contribution >= 0.6 is 0 Å². The number of rotatable bonds is 1. The van der Waals surface area contributed by atoms with Crippen molar-refractivity contribution in [3.05, 3.63) is 34.9 Å². The number of nitrogens with one attached hydrogen (secondary N) is 1. The van der Waals surface area contributed by atoms with Crippen LogP contribution in [-0.4, -0.2) is 36.2 Å². The molecule has 1 saturated heterocycles. The molecule has 1 heterocycles. The van der Waals surface area contributed by atoms with Gasteiger partial charge in [-0.1, -0.05) is 0 Å². The second-order valence-electron chi connectivity index (χ2n) is 6.58. The maximum absolute atomic E-state index is 14.1. The van der Waals surface area contributed by atoms with Crippen molar-refractivity contribution in [3.63, 3.8) is 0 Å². The first-order valence-electron chi connectivity index (χ1n) is 7.34. The molecule has 1 aliphatic heterocycles. The van der Waals surface area contributed by atoms with Gasteiger partial charge in [0.2, 0.25) is 0 Å². The molecule has 1 atom stereocenters. The Bertz CT molecular complexity index is 547. The quantitative estimate of drug-likeness (QED) is 0.866. The fourth-order valence-corrected chi connectivity index (χ4v) is 2.48. The molecule has 22 heavy (non-hydrogen) atoms. The summed E-state index contributed by atoms with van der Waals surface area (Å²) in [6.07, 6.45) is -0.466. The predicted molar refractivity (Wildman–Crippen MR) is 79.6 cm³/mol. The van der Waals surface area contributed by atoms with Gasteiger partial charge in [0.05, 0.1) is 6.04 Å². The SMILES string of the molecule is Cc1cc(F)c(C2CN(C(=O)OC(C)(C)C)CCN2)c(F)c1. The molecule has 122 valence electrons. The first-order chi connectivity index (χ1) is 10.2. The number of carbonyl (C=O) groups is 1. The van der Waals surface area contributed by atoms with E-state index in [2.05, 4.69) is 5.32 Å². The van der Waals surface area contributed by atoms with Crippen molar-refractivity contribution < 1.29 is 18.3 Å². The van der Waals surface area contributed by atoms with Gasteiger partial charge < -0.3 is 15.0 Å². The number of aryl methyl sites for hydroxylation is 1. The molecule has 1 aromatic rings. The Labute approximate surface area is 129 Å². The second-order valence-corrected chi connectivity index (χ2v) is 6.58. The zero-order valence-electron chi connectivity index (χ0n) is 13.4. The van der Waals surface area contributed by atoms with Gasteiger partial charge in [-0.25, -0.2) is 13.6 Å². The molecule has 0 spiro atoms. The van der Waals surface area contributed by atoms with Gasteiger partial charge in [0.15, 0.2) is 0 Å². The third-order valence-corrected chi connectivity index (χ3v) is 3.40. The van der Waals surface area contributed by atoms with Crippen LogP contribution in [0.2, 0.25) is 0 Å². The number of amides is 1. The van der Waals surface area contributed by atoms with Gasteiger partial charge in [-0.2, -0.15) is 0 Å². The summed E-state index contributed by atoms with van der Waals surface area (Å²) < 4.78 is 33.5. The third kappa shape index (κ3) is 3.94. The third-order valence-electron chi connectivity index (χ3n) is 3.40. The summed E-state index contributed by atoms with van der Waals surface area (Å²) in [4.78, 5) is 13.6. The van der Waals surface area contributed by atoms with Crippen LogP contribution in [0.1, 0.15) is 37.9 Å². The molecule has 0 aliphatic carbocycles. The van der Waals surface area contributed by atoms with Crippen molar-refractivity contribution >= 4 is 6.09 Å². The predicted octanol–water partition coefficient (Wildman–Crippen LogP) is 3.15. The Morgan fingerprint density at radius 2 is 1.91 bits per heavy atom. The largest absolute Gasteiger partial charge is 0.444 e. The van der Waals surface area contributed by atoms with Crippen LogP contribution in [-0.2, 0) is 4.74 Å². The molecule has 0 radical (unpaired) electrons. The van der Waals surface area contributed by atoms with E-state index in [0.717, 1.165) is 0 Å². The lowest BCUT2D eigenvalue weighted by Crippen LogP contribution is -2.50. The lowest BCUT2D eigenvalue weighted by Gasteiger charge is -2.35. The molecule has 0 aromatic heterocycles. The van der Waals surface area contributed by atoms with E-state index in [9.17, 15) is 13.6 Å². The maximum Gasteiger partial charge on any atom is 0.410 e. The monoisotopic (exact) mass is 312 g/mol. The van der Waals surface area contributed by atoms with Crippen molar-refractivity contribution in [1.82, 2.24) is 10.2 Å². The zero-order valence-corrected chi connectivity index (χ0v) is 13.4. The van der Waals surface area contributed by atoms with Crippen LogP contribution in [0.3, 0.4) is 0 Å². The number of hydrogen-bond donors (Lipinski definition) is 1. The minimum absolute atomic E-state index is 0.0288. The Balaban J connectivity index is 2.16.